The topological polar surface area (TPSA) is 73.2 Å². The van der Waals surface area contributed by atoms with Crippen molar-refractivity contribution < 1.29 is 14.3 Å². The Morgan fingerprint density at radius 3 is 2.44 bits per heavy atom. The van der Waals surface area contributed by atoms with Crippen LogP contribution in [-0.4, -0.2) is 28.3 Å². The van der Waals surface area contributed by atoms with E-state index in [1.54, 1.807) is 22.9 Å². The molecule has 3 rings (SSSR count). The molecule has 0 fully saturated rings. The molecule has 138 valence electrons. The lowest BCUT2D eigenvalue weighted by Crippen LogP contribution is -2.22. The second-order valence-corrected chi connectivity index (χ2v) is 6.34. The van der Waals surface area contributed by atoms with Crippen LogP contribution in [0.3, 0.4) is 0 Å². The van der Waals surface area contributed by atoms with Crippen molar-refractivity contribution in [3.05, 3.63) is 77.0 Å². The number of ether oxygens (including phenoxy) is 1. The van der Waals surface area contributed by atoms with Crippen LogP contribution in [0.25, 0.3) is 5.69 Å². The molecule has 6 heteroatoms. The monoisotopic (exact) mass is 363 g/mol. The third-order valence-electron chi connectivity index (χ3n) is 4.18. The van der Waals surface area contributed by atoms with Crippen molar-refractivity contribution in [1.29, 1.82) is 0 Å². The highest BCUT2D eigenvalue weighted by Crippen LogP contribution is 2.17. The van der Waals surface area contributed by atoms with Gasteiger partial charge in [0.2, 0.25) is 0 Å². The number of hydrogen-bond acceptors (Lipinski definition) is 4. The molecule has 0 spiro atoms. The molecule has 0 atom stereocenters. The van der Waals surface area contributed by atoms with Crippen LogP contribution in [-0.2, 0) is 9.53 Å². The molecule has 27 heavy (non-hydrogen) atoms. The zero-order valence-electron chi connectivity index (χ0n) is 15.5. The molecule has 3 aromatic rings. The summed E-state index contributed by atoms with van der Waals surface area (Å²) in [5, 5.41) is 7.13. The van der Waals surface area contributed by atoms with Crippen LogP contribution in [0.1, 0.15) is 27.2 Å². The zero-order chi connectivity index (χ0) is 19.4. The normalized spacial score (nSPS) is 10.5. The van der Waals surface area contributed by atoms with Crippen molar-refractivity contribution in [2.75, 3.05) is 11.9 Å². The fraction of sp³-hybridized carbons (Fsp3) is 0.190. The first-order chi connectivity index (χ1) is 12.9. The van der Waals surface area contributed by atoms with Gasteiger partial charge in [0.15, 0.2) is 6.61 Å². The Balaban J connectivity index is 1.65. The molecule has 0 unspecified atom stereocenters. The Labute approximate surface area is 157 Å². The van der Waals surface area contributed by atoms with E-state index >= 15 is 0 Å². The van der Waals surface area contributed by atoms with Crippen LogP contribution in [0.5, 0.6) is 0 Å². The van der Waals surface area contributed by atoms with Gasteiger partial charge in [-0.15, -0.1) is 0 Å². The molecule has 0 aliphatic heterocycles. The maximum atomic E-state index is 12.2. The molecule has 2 aromatic carbocycles. The maximum Gasteiger partial charge on any atom is 0.338 e. The minimum absolute atomic E-state index is 0.370. The number of para-hydroxylation sites is 1. The van der Waals surface area contributed by atoms with Crippen LogP contribution in [0, 0.1) is 20.8 Å². The first kappa shape index (κ1) is 18.4. The van der Waals surface area contributed by atoms with Gasteiger partial charge in [-0.3, -0.25) is 4.79 Å². The molecule has 0 aliphatic carbocycles. The quantitative estimate of drug-likeness (QED) is 0.703. The van der Waals surface area contributed by atoms with Crippen LogP contribution in [0.2, 0.25) is 0 Å². The third-order valence-corrected chi connectivity index (χ3v) is 4.18. The predicted molar refractivity (Wildman–Crippen MR) is 103 cm³/mol. The number of aryl methyl sites for hydroxylation is 3. The van der Waals surface area contributed by atoms with Gasteiger partial charge in [0, 0.05) is 6.07 Å². The number of anilines is 1. The number of benzene rings is 2. The summed E-state index contributed by atoms with van der Waals surface area (Å²) in [5.41, 5.74) is 4.11. The lowest BCUT2D eigenvalue weighted by molar-refractivity contribution is -0.119. The number of carbonyl (C=O) groups excluding carboxylic acids is 2. The zero-order valence-corrected chi connectivity index (χ0v) is 15.5. The molecule has 0 aliphatic rings. The number of esters is 1. The van der Waals surface area contributed by atoms with E-state index in [1.165, 1.54) is 0 Å². The number of carbonyl (C=O) groups is 2. The number of hydrogen-bond donors (Lipinski definition) is 1. The fourth-order valence-electron chi connectivity index (χ4n) is 2.62. The second-order valence-electron chi connectivity index (χ2n) is 6.34. The van der Waals surface area contributed by atoms with Gasteiger partial charge in [0.05, 0.1) is 16.9 Å². The summed E-state index contributed by atoms with van der Waals surface area (Å²) in [6.45, 7) is 5.36. The van der Waals surface area contributed by atoms with E-state index < -0.39 is 11.9 Å². The molecular weight excluding hydrogens is 342 g/mol. The Morgan fingerprint density at radius 1 is 1.00 bits per heavy atom. The largest absolute Gasteiger partial charge is 0.452 e. The van der Waals surface area contributed by atoms with Gasteiger partial charge < -0.3 is 10.1 Å². The van der Waals surface area contributed by atoms with Crippen LogP contribution in [0.4, 0.5) is 5.82 Å². The highest BCUT2D eigenvalue weighted by atomic mass is 16.5. The van der Waals surface area contributed by atoms with E-state index in [9.17, 15) is 9.59 Å². The van der Waals surface area contributed by atoms with E-state index in [0.29, 0.717) is 11.4 Å². The van der Waals surface area contributed by atoms with Crippen molar-refractivity contribution in [1.82, 2.24) is 9.78 Å². The fourth-order valence-corrected chi connectivity index (χ4v) is 2.62. The van der Waals surface area contributed by atoms with E-state index in [1.807, 2.05) is 57.2 Å². The van der Waals surface area contributed by atoms with Crippen molar-refractivity contribution in [3.8, 4) is 5.69 Å². The van der Waals surface area contributed by atoms with E-state index in [4.69, 9.17) is 4.74 Å². The minimum atomic E-state index is -0.527. The van der Waals surface area contributed by atoms with Crippen LogP contribution < -0.4 is 5.32 Å². The van der Waals surface area contributed by atoms with Crippen LogP contribution in [0.15, 0.2) is 54.6 Å². The summed E-state index contributed by atoms with van der Waals surface area (Å²) in [6, 6.07) is 16.5. The number of nitrogens with one attached hydrogen (secondary N) is 1. The first-order valence-corrected chi connectivity index (χ1v) is 8.60. The van der Waals surface area contributed by atoms with Gasteiger partial charge in [-0.25, -0.2) is 9.48 Å². The number of nitrogens with zero attached hydrogens (tertiary/aromatic N) is 2. The summed E-state index contributed by atoms with van der Waals surface area (Å²) >= 11 is 0. The predicted octanol–water partition coefficient (Wildman–Crippen LogP) is 3.59. The second kappa shape index (κ2) is 7.86. The summed E-state index contributed by atoms with van der Waals surface area (Å²) in [5.74, 6) is -0.434. The molecular formula is C21H21N3O3. The molecule has 1 heterocycles. The Bertz CT molecular complexity index is 978. The lowest BCUT2D eigenvalue weighted by Gasteiger charge is -2.10. The Kier molecular flexibility index (Phi) is 5.35. The van der Waals surface area contributed by atoms with Gasteiger partial charge in [-0.2, -0.15) is 5.10 Å². The van der Waals surface area contributed by atoms with E-state index in [2.05, 4.69) is 10.4 Å². The lowest BCUT2D eigenvalue weighted by atomic mass is 10.1. The van der Waals surface area contributed by atoms with E-state index in [-0.39, 0.29) is 6.61 Å². The van der Waals surface area contributed by atoms with Gasteiger partial charge in [-0.05, 0) is 56.2 Å². The van der Waals surface area contributed by atoms with E-state index in [0.717, 1.165) is 22.5 Å². The summed E-state index contributed by atoms with van der Waals surface area (Å²) < 4.78 is 6.77. The number of amides is 1. The molecule has 0 saturated carbocycles. The van der Waals surface area contributed by atoms with Crippen molar-refractivity contribution >= 4 is 17.7 Å². The molecule has 0 bridgehead atoms. The Morgan fingerprint density at radius 2 is 1.74 bits per heavy atom. The molecule has 1 N–H and O–H groups in total. The highest BCUT2D eigenvalue weighted by molar-refractivity contribution is 5.95. The minimum Gasteiger partial charge on any atom is -0.452 e. The number of rotatable bonds is 5. The van der Waals surface area contributed by atoms with Gasteiger partial charge >= 0.3 is 5.97 Å². The summed E-state index contributed by atoms with van der Waals surface area (Å²) in [4.78, 5) is 24.4. The molecule has 1 amide bonds. The van der Waals surface area contributed by atoms with Crippen molar-refractivity contribution in [2.24, 2.45) is 0 Å². The average Bonchev–Trinajstić information content (AvgIpc) is 3.02. The maximum absolute atomic E-state index is 12.2. The van der Waals surface area contributed by atoms with Crippen LogP contribution >= 0.6 is 0 Å². The molecule has 6 nitrogen and oxygen atoms in total. The average molecular weight is 363 g/mol. The third kappa shape index (κ3) is 4.41. The van der Waals surface area contributed by atoms with Crippen molar-refractivity contribution in [2.45, 2.75) is 20.8 Å². The first-order valence-electron chi connectivity index (χ1n) is 8.60. The van der Waals surface area contributed by atoms with Gasteiger partial charge in [-0.1, -0.05) is 24.3 Å². The highest BCUT2D eigenvalue weighted by Gasteiger charge is 2.14. The van der Waals surface area contributed by atoms with Gasteiger partial charge in [0.25, 0.3) is 5.91 Å². The molecule has 0 radical (unpaired) electrons. The SMILES string of the molecule is Cc1cc(NC(=O)COC(=O)c2ccc(C)c(C)c2)n(-c2ccccc2)n1. The Hall–Kier alpha value is -3.41. The smallest absolute Gasteiger partial charge is 0.338 e. The molecule has 0 saturated heterocycles. The summed E-state index contributed by atoms with van der Waals surface area (Å²) in [7, 11) is 0. The van der Waals surface area contributed by atoms with Crippen molar-refractivity contribution in [3.63, 3.8) is 0 Å². The summed E-state index contributed by atoms with van der Waals surface area (Å²) in [6.07, 6.45) is 0. The van der Waals surface area contributed by atoms with Gasteiger partial charge in [0.1, 0.15) is 5.82 Å². The number of aromatic nitrogens is 2. The molecule has 1 aromatic heterocycles. The standard InChI is InChI=1S/C21H21N3O3/c1-14-9-10-17(11-15(14)2)21(26)27-13-20(25)22-19-12-16(3)23-24(19)18-7-5-4-6-8-18/h4-12H,13H2,1-3H3,(H,22,25).